The lowest BCUT2D eigenvalue weighted by atomic mass is 10.0. The molecule has 1 atom stereocenters. The molecule has 1 aromatic heterocycles. The van der Waals surface area contributed by atoms with Gasteiger partial charge in [-0.2, -0.15) is 13.2 Å². The summed E-state index contributed by atoms with van der Waals surface area (Å²) in [7, 11) is 1.19. The molecule has 1 unspecified atom stereocenters. The first kappa shape index (κ1) is 30.0. The van der Waals surface area contributed by atoms with Crippen LogP contribution in [0.4, 0.5) is 26.7 Å². The first-order valence-electron chi connectivity index (χ1n) is 12.4. The van der Waals surface area contributed by atoms with Gasteiger partial charge in [0, 0.05) is 16.8 Å². The number of rotatable bonds is 8. The Hall–Kier alpha value is -4.94. The normalized spacial score (nSPS) is 12.2. The summed E-state index contributed by atoms with van der Waals surface area (Å²) < 4.78 is 78.0. The number of alkyl halides is 3. The van der Waals surface area contributed by atoms with E-state index in [1.165, 1.54) is 44.4 Å². The molecule has 4 aromatic rings. The number of benzene rings is 3. The predicted molar refractivity (Wildman–Crippen MR) is 142 cm³/mol. The molecular weight excluding hydrogens is 565 g/mol. The highest BCUT2D eigenvalue weighted by Gasteiger charge is 2.35. The molecular formula is C29H24F5N3O5. The van der Waals surface area contributed by atoms with Crippen molar-refractivity contribution in [1.29, 1.82) is 0 Å². The summed E-state index contributed by atoms with van der Waals surface area (Å²) in [5.74, 6) is -2.49. The number of nitrogens with zero attached hydrogens (tertiary/aromatic N) is 2. The summed E-state index contributed by atoms with van der Waals surface area (Å²) >= 11 is 0. The predicted octanol–water partition coefficient (Wildman–Crippen LogP) is 5.35. The number of carboxylic acid groups (broad SMARTS) is 1. The average molecular weight is 590 g/mol. The Morgan fingerprint density at radius 2 is 1.64 bits per heavy atom. The molecule has 1 amide bonds. The molecule has 0 aliphatic heterocycles. The van der Waals surface area contributed by atoms with Gasteiger partial charge >= 0.3 is 18.0 Å². The molecule has 0 fully saturated rings. The fourth-order valence-electron chi connectivity index (χ4n) is 4.71. The smallest absolute Gasteiger partial charge is 0.416 e. The second-order valence-corrected chi connectivity index (χ2v) is 9.24. The standard InChI is InChI=1S/C29H24F5N3O5/c1-16-24(18-10-6-13-23(42-2)25(18)31)26(38)37(15-22(35-27(39)40)17-8-4-3-5-9-17)28(41)36(16)14-19-20(29(32,33)34)11-7-12-21(19)30/h3-13,22,35H,14-15H2,1-2H3,(H,39,40). The van der Waals surface area contributed by atoms with Gasteiger partial charge in [-0.3, -0.25) is 13.9 Å². The van der Waals surface area contributed by atoms with Crippen LogP contribution in [0.25, 0.3) is 11.1 Å². The van der Waals surface area contributed by atoms with Crippen molar-refractivity contribution >= 4 is 6.09 Å². The number of ether oxygens (including phenoxy) is 1. The van der Waals surface area contributed by atoms with E-state index in [-0.39, 0.29) is 17.0 Å². The summed E-state index contributed by atoms with van der Waals surface area (Å²) in [6.45, 7) is -0.358. The highest BCUT2D eigenvalue weighted by molar-refractivity contribution is 5.68. The van der Waals surface area contributed by atoms with E-state index in [2.05, 4.69) is 5.32 Å². The lowest BCUT2D eigenvalue weighted by Gasteiger charge is -2.23. The Kier molecular flexibility index (Phi) is 8.50. The molecule has 42 heavy (non-hydrogen) atoms. The molecule has 0 saturated heterocycles. The molecule has 4 rings (SSSR count). The van der Waals surface area contributed by atoms with Crippen LogP contribution in [0.5, 0.6) is 5.75 Å². The molecule has 0 radical (unpaired) electrons. The van der Waals surface area contributed by atoms with Crippen molar-refractivity contribution in [3.63, 3.8) is 0 Å². The van der Waals surface area contributed by atoms with Gasteiger partial charge in [0.25, 0.3) is 5.56 Å². The molecule has 1 heterocycles. The van der Waals surface area contributed by atoms with Gasteiger partial charge in [-0.15, -0.1) is 0 Å². The van der Waals surface area contributed by atoms with Crippen LogP contribution in [-0.2, 0) is 19.3 Å². The largest absolute Gasteiger partial charge is 0.494 e. The van der Waals surface area contributed by atoms with Gasteiger partial charge in [-0.1, -0.05) is 48.5 Å². The van der Waals surface area contributed by atoms with Gasteiger partial charge in [0.15, 0.2) is 11.6 Å². The van der Waals surface area contributed by atoms with E-state index in [1.807, 2.05) is 0 Å². The van der Waals surface area contributed by atoms with Crippen LogP contribution in [0.2, 0.25) is 0 Å². The third kappa shape index (κ3) is 5.90. The Labute approximate surface area is 235 Å². The minimum Gasteiger partial charge on any atom is -0.494 e. The summed E-state index contributed by atoms with van der Waals surface area (Å²) in [6.07, 6.45) is -6.46. The topological polar surface area (TPSA) is 103 Å². The SMILES string of the molecule is COc1cccc(-c2c(C)n(Cc3c(F)cccc3C(F)(F)F)c(=O)n(CC(NC(=O)O)c3ccccc3)c2=O)c1F. The second kappa shape index (κ2) is 11.9. The molecule has 13 heteroatoms. The fraction of sp³-hybridized carbons (Fsp3) is 0.207. The first-order chi connectivity index (χ1) is 19.8. The minimum atomic E-state index is -4.98. The van der Waals surface area contributed by atoms with E-state index in [0.717, 1.165) is 16.7 Å². The maximum Gasteiger partial charge on any atom is 0.416 e. The Bertz CT molecular complexity index is 1750. The summed E-state index contributed by atoms with van der Waals surface area (Å²) in [4.78, 5) is 39.2. The van der Waals surface area contributed by atoms with Crippen molar-refractivity contribution in [2.24, 2.45) is 0 Å². The third-order valence-corrected chi connectivity index (χ3v) is 6.75. The zero-order valence-electron chi connectivity index (χ0n) is 22.2. The maximum atomic E-state index is 15.4. The van der Waals surface area contributed by atoms with Gasteiger partial charge in [-0.05, 0) is 30.7 Å². The van der Waals surface area contributed by atoms with Gasteiger partial charge in [0.05, 0.1) is 37.4 Å². The fourth-order valence-corrected chi connectivity index (χ4v) is 4.71. The van der Waals surface area contributed by atoms with Crippen molar-refractivity contribution < 1.29 is 36.6 Å². The summed E-state index contributed by atoms with van der Waals surface area (Å²) in [6, 6.07) is 12.9. The van der Waals surface area contributed by atoms with Crippen LogP contribution >= 0.6 is 0 Å². The van der Waals surface area contributed by atoms with E-state index in [1.54, 1.807) is 18.2 Å². The van der Waals surface area contributed by atoms with Crippen LogP contribution in [0.1, 0.15) is 28.4 Å². The lowest BCUT2D eigenvalue weighted by molar-refractivity contribution is -0.138. The molecule has 220 valence electrons. The lowest BCUT2D eigenvalue weighted by Crippen LogP contribution is -2.45. The quantitative estimate of drug-likeness (QED) is 0.270. The monoisotopic (exact) mass is 589 g/mol. The van der Waals surface area contributed by atoms with Crippen molar-refractivity contribution in [3.8, 4) is 16.9 Å². The third-order valence-electron chi connectivity index (χ3n) is 6.75. The second-order valence-electron chi connectivity index (χ2n) is 9.24. The number of halogens is 5. The van der Waals surface area contributed by atoms with Crippen LogP contribution in [0.3, 0.4) is 0 Å². The molecule has 8 nitrogen and oxygen atoms in total. The number of carbonyl (C=O) groups is 1. The van der Waals surface area contributed by atoms with E-state index >= 15 is 4.39 Å². The number of aromatic nitrogens is 2. The van der Waals surface area contributed by atoms with Crippen LogP contribution in [-0.4, -0.2) is 27.4 Å². The minimum absolute atomic E-state index is 0.243. The highest BCUT2D eigenvalue weighted by atomic mass is 19.4. The van der Waals surface area contributed by atoms with E-state index in [9.17, 15) is 37.1 Å². The first-order valence-corrected chi connectivity index (χ1v) is 12.4. The number of hydrogen-bond acceptors (Lipinski definition) is 4. The Morgan fingerprint density at radius 3 is 2.26 bits per heavy atom. The Morgan fingerprint density at radius 1 is 0.976 bits per heavy atom. The van der Waals surface area contributed by atoms with Gasteiger partial charge < -0.3 is 15.2 Å². The van der Waals surface area contributed by atoms with E-state index < -0.39 is 71.0 Å². The van der Waals surface area contributed by atoms with Crippen LogP contribution < -0.4 is 21.3 Å². The molecule has 0 aliphatic carbocycles. The van der Waals surface area contributed by atoms with Crippen LogP contribution in [0, 0.1) is 18.6 Å². The van der Waals surface area contributed by atoms with Crippen molar-refractivity contribution in [2.75, 3.05) is 7.11 Å². The number of methoxy groups -OCH3 is 1. The highest BCUT2D eigenvalue weighted by Crippen LogP contribution is 2.34. The van der Waals surface area contributed by atoms with Crippen LogP contribution in [0.15, 0.2) is 76.3 Å². The van der Waals surface area contributed by atoms with Crippen molar-refractivity contribution in [1.82, 2.24) is 14.5 Å². The van der Waals surface area contributed by atoms with Crippen molar-refractivity contribution in [3.05, 3.63) is 122 Å². The Balaban J connectivity index is 2.03. The average Bonchev–Trinajstić information content (AvgIpc) is 2.94. The van der Waals surface area contributed by atoms with Crippen molar-refractivity contribution in [2.45, 2.75) is 32.2 Å². The summed E-state index contributed by atoms with van der Waals surface area (Å²) in [5, 5.41) is 11.6. The molecule has 0 bridgehead atoms. The molecule has 0 saturated carbocycles. The number of hydrogen-bond donors (Lipinski definition) is 2. The molecule has 3 aromatic carbocycles. The zero-order chi connectivity index (χ0) is 30.8. The number of amides is 1. The van der Waals surface area contributed by atoms with Gasteiger partial charge in [0.2, 0.25) is 0 Å². The van der Waals surface area contributed by atoms with Gasteiger partial charge in [0.1, 0.15) is 5.82 Å². The molecule has 2 N–H and O–H groups in total. The number of nitrogens with one attached hydrogen (secondary N) is 1. The summed E-state index contributed by atoms with van der Waals surface area (Å²) in [5.41, 5.74) is -5.03. The molecule has 0 spiro atoms. The van der Waals surface area contributed by atoms with E-state index in [4.69, 9.17) is 4.74 Å². The zero-order valence-corrected chi connectivity index (χ0v) is 22.2. The van der Waals surface area contributed by atoms with Gasteiger partial charge in [-0.25, -0.2) is 18.4 Å². The maximum absolute atomic E-state index is 15.4. The van der Waals surface area contributed by atoms with E-state index in [0.29, 0.717) is 16.2 Å². The molecule has 0 aliphatic rings.